The Morgan fingerprint density at radius 1 is 1.03 bits per heavy atom. The van der Waals surface area contributed by atoms with Crippen molar-refractivity contribution in [2.75, 3.05) is 27.2 Å². The second-order valence-corrected chi connectivity index (χ2v) is 10.3. The predicted octanol–water partition coefficient (Wildman–Crippen LogP) is 4.53. The molecule has 3 aromatic carbocycles. The third-order valence-corrected chi connectivity index (χ3v) is 7.16. The average molecular weight is 489 g/mol. The Bertz CT molecular complexity index is 1620. The summed E-state index contributed by atoms with van der Waals surface area (Å²) >= 11 is 0. The van der Waals surface area contributed by atoms with Gasteiger partial charge in [0.25, 0.3) is 0 Å². The number of hydrogen-bond acceptors (Lipinski definition) is 7. The van der Waals surface area contributed by atoms with Gasteiger partial charge in [0, 0.05) is 19.0 Å². The molecule has 0 aliphatic carbocycles. The summed E-state index contributed by atoms with van der Waals surface area (Å²) in [7, 11) is 5.84. The van der Waals surface area contributed by atoms with Crippen LogP contribution in [0.2, 0.25) is 0 Å². The SMILES string of the molecule is CN(C)CCOc1cc2c(=O)c3cc4ccccc4cc3n(C)c2c2c1OC(C)(C)[C@H]1OC(=O)O[C@@H]21. The lowest BCUT2D eigenvalue weighted by atomic mass is 9.86. The van der Waals surface area contributed by atoms with E-state index < -0.39 is 24.0 Å². The lowest BCUT2D eigenvalue weighted by Gasteiger charge is -2.39. The summed E-state index contributed by atoms with van der Waals surface area (Å²) in [4.78, 5) is 28.2. The molecule has 2 aliphatic heterocycles. The Morgan fingerprint density at radius 3 is 2.47 bits per heavy atom. The second-order valence-electron chi connectivity index (χ2n) is 10.3. The maximum absolute atomic E-state index is 13.9. The van der Waals surface area contributed by atoms with Crippen LogP contribution in [0.3, 0.4) is 0 Å². The smallest absolute Gasteiger partial charge is 0.488 e. The number of nitrogens with zero attached hydrogens (tertiary/aromatic N) is 2. The van der Waals surface area contributed by atoms with E-state index >= 15 is 0 Å². The van der Waals surface area contributed by atoms with Gasteiger partial charge in [-0.3, -0.25) is 4.79 Å². The first kappa shape index (κ1) is 22.7. The molecule has 2 atom stereocenters. The van der Waals surface area contributed by atoms with Crippen molar-refractivity contribution >= 4 is 38.7 Å². The van der Waals surface area contributed by atoms with Gasteiger partial charge >= 0.3 is 6.16 Å². The number of fused-ring (bicyclic) bond motifs is 7. The maximum Gasteiger partial charge on any atom is 0.509 e. The summed E-state index contributed by atoms with van der Waals surface area (Å²) in [5.41, 5.74) is 1.04. The fourth-order valence-electron chi connectivity index (χ4n) is 5.35. The summed E-state index contributed by atoms with van der Waals surface area (Å²) in [5, 5.41) is 3.10. The fraction of sp³-hybridized carbons (Fsp3) is 0.357. The summed E-state index contributed by atoms with van der Waals surface area (Å²) in [6.07, 6.45) is -2.15. The van der Waals surface area contributed by atoms with Gasteiger partial charge in [-0.2, -0.15) is 0 Å². The number of ether oxygens (including phenoxy) is 4. The molecular weight excluding hydrogens is 460 g/mol. The number of aromatic nitrogens is 1. The number of benzene rings is 3. The van der Waals surface area contributed by atoms with E-state index in [2.05, 4.69) is 0 Å². The Hall–Kier alpha value is -3.78. The van der Waals surface area contributed by atoms with Crippen LogP contribution >= 0.6 is 0 Å². The molecule has 1 fully saturated rings. The first-order valence-electron chi connectivity index (χ1n) is 12.0. The van der Waals surface area contributed by atoms with Crippen LogP contribution in [0.1, 0.15) is 25.5 Å². The van der Waals surface area contributed by atoms with Gasteiger partial charge in [0.2, 0.25) is 0 Å². The third-order valence-electron chi connectivity index (χ3n) is 7.16. The fourth-order valence-corrected chi connectivity index (χ4v) is 5.35. The van der Waals surface area contributed by atoms with E-state index in [1.54, 1.807) is 6.07 Å². The molecular formula is C28H28N2O6. The molecule has 1 aromatic heterocycles. The summed E-state index contributed by atoms with van der Waals surface area (Å²) < 4.78 is 25.8. The molecule has 186 valence electrons. The van der Waals surface area contributed by atoms with Crippen molar-refractivity contribution in [2.24, 2.45) is 7.05 Å². The van der Waals surface area contributed by atoms with Crippen LogP contribution in [0.25, 0.3) is 32.6 Å². The van der Waals surface area contributed by atoms with Crippen molar-refractivity contribution in [2.45, 2.75) is 31.7 Å². The molecule has 36 heavy (non-hydrogen) atoms. The van der Waals surface area contributed by atoms with E-state index in [-0.39, 0.29) is 5.43 Å². The first-order chi connectivity index (χ1) is 17.2. The van der Waals surface area contributed by atoms with E-state index in [0.717, 1.165) is 16.3 Å². The normalized spacial score (nSPS) is 20.2. The molecule has 0 radical (unpaired) electrons. The number of carbonyl (C=O) groups is 1. The molecule has 8 nitrogen and oxygen atoms in total. The third kappa shape index (κ3) is 3.32. The van der Waals surface area contributed by atoms with Crippen LogP contribution < -0.4 is 14.9 Å². The highest BCUT2D eigenvalue weighted by atomic mass is 16.8. The number of carbonyl (C=O) groups excluding carboxylic acids is 1. The molecule has 0 bridgehead atoms. The molecule has 3 heterocycles. The van der Waals surface area contributed by atoms with Gasteiger partial charge < -0.3 is 28.4 Å². The van der Waals surface area contributed by atoms with Gasteiger partial charge in [0.05, 0.1) is 22.0 Å². The first-order valence-corrected chi connectivity index (χ1v) is 12.0. The predicted molar refractivity (Wildman–Crippen MR) is 137 cm³/mol. The zero-order valence-electron chi connectivity index (χ0n) is 21.0. The quantitative estimate of drug-likeness (QED) is 0.308. The van der Waals surface area contributed by atoms with E-state index in [1.165, 1.54) is 0 Å². The van der Waals surface area contributed by atoms with Gasteiger partial charge in [0.1, 0.15) is 12.2 Å². The lowest BCUT2D eigenvalue weighted by Crippen LogP contribution is -2.48. The molecule has 0 saturated carbocycles. The van der Waals surface area contributed by atoms with Gasteiger partial charge in [-0.05, 0) is 56.9 Å². The highest BCUT2D eigenvalue weighted by molar-refractivity contribution is 6.03. The van der Waals surface area contributed by atoms with Gasteiger partial charge in [-0.15, -0.1) is 0 Å². The minimum absolute atomic E-state index is 0.115. The Kier molecular flexibility index (Phi) is 4.95. The number of rotatable bonds is 4. The molecule has 6 rings (SSSR count). The topological polar surface area (TPSA) is 79.2 Å². The maximum atomic E-state index is 13.9. The van der Waals surface area contributed by atoms with Gasteiger partial charge in [-0.25, -0.2) is 4.79 Å². The van der Waals surface area contributed by atoms with Gasteiger partial charge in [-0.1, -0.05) is 24.3 Å². The molecule has 8 heteroatoms. The van der Waals surface area contributed by atoms with Crippen LogP contribution in [0.5, 0.6) is 11.5 Å². The van der Waals surface area contributed by atoms with Crippen molar-refractivity contribution < 1.29 is 23.7 Å². The zero-order valence-corrected chi connectivity index (χ0v) is 21.0. The molecule has 1 saturated heterocycles. The number of aryl methyl sites for hydroxylation is 1. The van der Waals surface area contributed by atoms with Crippen LogP contribution in [0, 0.1) is 0 Å². The Morgan fingerprint density at radius 2 is 1.75 bits per heavy atom. The van der Waals surface area contributed by atoms with Crippen LogP contribution in [0.4, 0.5) is 4.79 Å². The lowest BCUT2D eigenvalue weighted by molar-refractivity contribution is -0.0515. The van der Waals surface area contributed by atoms with Crippen molar-refractivity contribution in [1.29, 1.82) is 0 Å². The number of hydrogen-bond donors (Lipinski definition) is 0. The molecule has 2 aliphatic rings. The Labute approximate surface area is 207 Å². The van der Waals surface area contributed by atoms with Crippen LogP contribution in [-0.4, -0.2) is 54.6 Å². The minimum Gasteiger partial charge on any atom is -0.488 e. The molecule has 0 unspecified atom stereocenters. The number of likely N-dealkylation sites (N-methyl/N-ethyl adjacent to an activating group) is 1. The van der Waals surface area contributed by atoms with E-state index in [0.29, 0.717) is 46.5 Å². The molecule has 0 N–H and O–H groups in total. The van der Waals surface area contributed by atoms with Crippen LogP contribution in [-0.2, 0) is 16.5 Å². The standard InChI is InChI=1S/C28H28N2O6/c1-28(2)26-25(34-27(32)35-26)21-22-18(14-20(24(21)36-28)33-11-10-29(3)4)23(31)17-12-15-8-6-7-9-16(15)13-19(17)30(22)5/h6-9,12-14,25-26H,10-11H2,1-5H3/t25-,26-/m0/s1. The minimum atomic E-state index is -0.858. The highest BCUT2D eigenvalue weighted by Gasteiger charge is 2.55. The van der Waals surface area contributed by atoms with Crippen molar-refractivity contribution in [3.8, 4) is 11.5 Å². The zero-order chi connectivity index (χ0) is 25.4. The van der Waals surface area contributed by atoms with Crippen molar-refractivity contribution in [3.63, 3.8) is 0 Å². The largest absolute Gasteiger partial charge is 0.509 e. The highest BCUT2D eigenvalue weighted by Crippen LogP contribution is 2.52. The van der Waals surface area contributed by atoms with E-state index in [1.807, 2.05) is 80.9 Å². The summed E-state index contributed by atoms with van der Waals surface area (Å²) in [6.45, 7) is 4.80. The van der Waals surface area contributed by atoms with E-state index in [4.69, 9.17) is 18.9 Å². The second kappa shape index (κ2) is 7.86. The van der Waals surface area contributed by atoms with Crippen molar-refractivity contribution in [1.82, 2.24) is 9.47 Å². The van der Waals surface area contributed by atoms with Crippen LogP contribution in [0.15, 0.2) is 47.3 Å². The molecule has 4 aromatic rings. The molecule has 0 amide bonds. The monoisotopic (exact) mass is 488 g/mol. The van der Waals surface area contributed by atoms with Gasteiger partial charge in [0.15, 0.2) is 29.1 Å². The molecule has 0 spiro atoms. The van der Waals surface area contributed by atoms with E-state index in [9.17, 15) is 9.59 Å². The van der Waals surface area contributed by atoms with Crippen molar-refractivity contribution in [3.05, 3.63) is 58.3 Å². The number of pyridine rings is 1. The Balaban J connectivity index is 1.70. The average Bonchev–Trinajstić information content (AvgIpc) is 3.24. The summed E-state index contributed by atoms with van der Waals surface area (Å²) in [5.74, 6) is 0.923. The summed E-state index contributed by atoms with van der Waals surface area (Å²) in [6, 6.07) is 13.7.